The highest BCUT2D eigenvalue weighted by Crippen LogP contribution is 2.23. The third kappa shape index (κ3) is 2.47. The molecule has 20 heavy (non-hydrogen) atoms. The minimum atomic E-state index is 0.231. The normalized spacial score (nSPS) is 10.4. The Labute approximate surface area is 115 Å². The first-order valence-electron chi connectivity index (χ1n) is 6.09. The Bertz CT molecular complexity index is 736. The van der Waals surface area contributed by atoms with E-state index >= 15 is 0 Å². The Morgan fingerprint density at radius 3 is 2.65 bits per heavy atom. The van der Waals surface area contributed by atoms with Gasteiger partial charge in [0.1, 0.15) is 17.9 Å². The van der Waals surface area contributed by atoms with E-state index in [4.69, 9.17) is 4.74 Å². The number of benzene rings is 1. The van der Waals surface area contributed by atoms with Crippen LogP contribution in [-0.4, -0.2) is 21.2 Å². The van der Waals surface area contributed by atoms with Crippen LogP contribution in [0.3, 0.4) is 0 Å². The van der Waals surface area contributed by atoms with Crippen molar-refractivity contribution in [3.8, 4) is 5.75 Å². The van der Waals surface area contributed by atoms with Gasteiger partial charge in [0.15, 0.2) is 12.1 Å². The SMILES string of the molecule is O=Cc1cnc(COc2cccc3cccnc23)nc1. The highest BCUT2D eigenvalue weighted by Gasteiger charge is 2.04. The Hall–Kier alpha value is -2.82. The Kier molecular flexibility index (Phi) is 3.33. The minimum absolute atomic E-state index is 0.231. The molecule has 0 saturated heterocycles. The van der Waals surface area contributed by atoms with Gasteiger partial charge in [-0.3, -0.25) is 9.78 Å². The van der Waals surface area contributed by atoms with E-state index in [1.807, 2.05) is 30.3 Å². The summed E-state index contributed by atoms with van der Waals surface area (Å²) in [5.41, 5.74) is 1.25. The maximum atomic E-state index is 10.5. The van der Waals surface area contributed by atoms with E-state index in [-0.39, 0.29) is 6.61 Å². The highest BCUT2D eigenvalue weighted by atomic mass is 16.5. The van der Waals surface area contributed by atoms with E-state index in [1.165, 1.54) is 12.4 Å². The predicted molar refractivity (Wildman–Crippen MR) is 73.5 cm³/mol. The lowest BCUT2D eigenvalue weighted by molar-refractivity contribution is 0.112. The van der Waals surface area contributed by atoms with Crippen LogP contribution in [0.1, 0.15) is 16.2 Å². The molecule has 0 radical (unpaired) electrons. The summed E-state index contributed by atoms with van der Waals surface area (Å²) in [7, 11) is 0. The molecule has 0 bridgehead atoms. The topological polar surface area (TPSA) is 65.0 Å². The third-order valence-corrected chi connectivity index (χ3v) is 2.81. The van der Waals surface area contributed by atoms with Gasteiger partial charge in [0.25, 0.3) is 0 Å². The average molecular weight is 265 g/mol. The maximum absolute atomic E-state index is 10.5. The number of aromatic nitrogens is 3. The molecule has 0 aliphatic heterocycles. The van der Waals surface area contributed by atoms with Gasteiger partial charge in [0, 0.05) is 24.0 Å². The largest absolute Gasteiger partial charge is 0.483 e. The molecule has 0 N–H and O–H groups in total. The second-order valence-electron chi connectivity index (χ2n) is 4.17. The van der Waals surface area contributed by atoms with E-state index in [0.29, 0.717) is 23.4 Å². The van der Waals surface area contributed by atoms with Crippen molar-refractivity contribution < 1.29 is 9.53 Å². The summed E-state index contributed by atoms with van der Waals surface area (Å²) in [6, 6.07) is 9.60. The molecule has 98 valence electrons. The van der Waals surface area contributed by atoms with E-state index in [1.54, 1.807) is 6.20 Å². The first-order valence-corrected chi connectivity index (χ1v) is 6.09. The number of nitrogens with zero attached hydrogens (tertiary/aromatic N) is 3. The summed E-state index contributed by atoms with van der Waals surface area (Å²) in [6.45, 7) is 0.231. The van der Waals surface area contributed by atoms with Gasteiger partial charge in [-0.15, -0.1) is 0 Å². The van der Waals surface area contributed by atoms with Crippen LogP contribution in [0.2, 0.25) is 0 Å². The van der Waals surface area contributed by atoms with Crippen LogP contribution >= 0.6 is 0 Å². The van der Waals surface area contributed by atoms with Crippen LogP contribution in [-0.2, 0) is 6.61 Å². The molecule has 0 amide bonds. The second kappa shape index (κ2) is 5.44. The zero-order chi connectivity index (χ0) is 13.8. The molecule has 3 aromatic rings. The molecule has 0 spiro atoms. The molecule has 3 rings (SSSR count). The van der Waals surface area contributed by atoms with Crippen LogP contribution in [0.15, 0.2) is 48.9 Å². The zero-order valence-corrected chi connectivity index (χ0v) is 10.6. The van der Waals surface area contributed by atoms with Crippen LogP contribution in [0, 0.1) is 0 Å². The minimum Gasteiger partial charge on any atom is -0.483 e. The van der Waals surface area contributed by atoms with Crippen LogP contribution in [0.4, 0.5) is 0 Å². The number of aldehydes is 1. The van der Waals surface area contributed by atoms with Gasteiger partial charge in [0.05, 0.1) is 5.56 Å². The Morgan fingerprint density at radius 1 is 1.05 bits per heavy atom. The van der Waals surface area contributed by atoms with Gasteiger partial charge in [0.2, 0.25) is 0 Å². The number of carbonyl (C=O) groups is 1. The van der Waals surface area contributed by atoms with Gasteiger partial charge in [-0.2, -0.15) is 0 Å². The van der Waals surface area contributed by atoms with Crippen molar-refractivity contribution in [1.82, 2.24) is 15.0 Å². The maximum Gasteiger partial charge on any atom is 0.166 e. The molecular formula is C15H11N3O2. The molecule has 0 fully saturated rings. The Morgan fingerprint density at radius 2 is 1.85 bits per heavy atom. The van der Waals surface area contributed by atoms with Crippen molar-refractivity contribution in [2.45, 2.75) is 6.61 Å². The number of rotatable bonds is 4. The lowest BCUT2D eigenvalue weighted by Gasteiger charge is -2.07. The summed E-state index contributed by atoms with van der Waals surface area (Å²) in [5, 5.41) is 1.02. The van der Waals surface area contributed by atoms with Crippen molar-refractivity contribution in [2.24, 2.45) is 0 Å². The molecule has 0 saturated carbocycles. The molecule has 0 aliphatic carbocycles. The van der Waals surface area contributed by atoms with Gasteiger partial charge >= 0.3 is 0 Å². The quantitative estimate of drug-likeness (QED) is 0.678. The van der Waals surface area contributed by atoms with Gasteiger partial charge in [-0.1, -0.05) is 18.2 Å². The Balaban J connectivity index is 1.81. The number of hydrogen-bond donors (Lipinski definition) is 0. The van der Waals surface area contributed by atoms with Crippen molar-refractivity contribution >= 4 is 17.2 Å². The van der Waals surface area contributed by atoms with E-state index in [9.17, 15) is 4.79 Å². The fraction of sp³-hybridized carbons (Fsp3) is 0.0667. The molecular weight excluding hydrogens is 254 g/mol. The summed E-state index contributed by atoms with van der Waals surface area (Å²) in [6.07, 6.45) is 5.38. The number of hydrogen-bond acceptors (Lipinski definition) is 5. The van der Waals surface area contributed by atoms with Crippen LogP contribution in [0.5, 0.6) is 5.75 Å². The first kappa shape index (κ1) is 12.2. The molecule has 0 unspecified atom stereocenters. The molecule has 5 nitrogen and oxygen atoms in total. The summed E-state index contributed by atoms with van der Waals surface area (Å²) in [5.74, 6) is 1.20. The number of carbonyl (C=O) groups excluding carboxylic acids is 1. The monoisotopic (exact) mass is 265 g/mol. The number of ether oxygens (including phenoxy) is 1. The molecule has 5 heteroatoms. The number of pyridine rings is 1. The lowest BCUT2D eigenvalue weighted by atomic mass is 10.2. The summed E-state index contributed by atoms with van der Waals surface area (Å²) < 4.78 is 5.70. The first-order chi connectivity index (χ1) is 9.86. The molecule has 0 atom stereocenters. The van der Waals surface area contributed by atoms with Crippen LogP contribution < -0.4 is 4.74 Å². The van der Waals surface area contributed by atoms with Crippen molar-refractivity contribution in [3.05, 3.63) is 60.3 Å². The third-order valence-electron chi connectivity index (χ3n) is 2.81. The van der Waals surface area contributed by atoms with Gasteiger partial charge in [-0.25, -0.2) is 9.97 Å². The van der Waals surface area contributed by atoms with E-state index in [2.05, 4.69) is 15.0 Å². The van der Waals surface area contributed by atoms with E-state index < -0.39 is 0 Å². The highest BCUT2D eigenvalue weighted by molar-refractivity contribution is 5.84. The average Bonchev–Trinajstić information content (AvgIpc) is 2.53. The molecule has 1 aromatic carbocycles. The fourth-order valence-electron chi connectivity index (χ4n) is 1.84. The molecule has 0 aliphatic rings. The number of para-hydroxylation sites is 1. The summed E-state index contributed by atoms with van der Waals surface area (Å²) >= 11 is 0. The van der Waals surface area contributed by atoms with E-state index in [0.717, 1.165) is 10.9 Å². The smallest absolute Gasteiger partial charge is 0.166 e. The molecule has 2 aromatic heterocycles. The molecule has 2 heterocycles. The van der Waals surface area contributed by atoms with Gasteiger partial charge < -0.3 is 4.74 Å². The van der Waals surface area contributed by atoms with Gasteiger partial charge in [-0.05, 0) is 12.1 Å². The number of fused-ring (bicyclic) bond motifs is 1. The summed E-state index contributed by atoms with van der Waals surface area (Å²) in [4.78, 5) is 22.9. The predicted octanol–water partition coefficient (Wildman–Crippen LogP) is 2.42. The lowest BCUT2D eigenvalue weighted by Crippen LogP contribution is -2.02. The van der Waals surface area contributed by atoms with Crippen molar-refractivity contribution in [2.75, 3.05) is 0 Å². The fourth-order valence-corrected chi connectivity index (χ4v) is 1.84. The van der Waals surface area contributed by atoms with Crippen molar-refractivity contribution in [1.29, 1.82) is 0 Å². The van der Waals surface area contributed by atoms with Crippen molar-refractivity contribution in [3.63, 3.8) is 0 Å². The van der Waals surface area contributed by atoms with Crippen LogP contribution in [0.25, 0.3) is 10.9 Å². The zero-order valence-electron chi connectivity index (χ0n) is 10.6. The standard InChI is InChI=1S/C15H11N3O2/c19-9-11-7-17-14(18-8-11)10-20-13-5-1-3-12-4-2-6-16-15(12)13/h1-9H,10H2. The second-order valence-corrected chi connectivity index (χ2v) is 4.17.